The fourth-order valence-corrected chi connectivity index (χ4v) is 9.07. The lowest BCUT2D eigenvalue weighted by molar-refractivity contribution is -0.152. The van der Waals surface area contributed by atoms with E-state index in [0.717, 1.165) is 25.7 Å². The van der Waals surface area contributed by atoms with Crippen LogP contribution in [0, 0.1) is 46.3 Å². The Morgan fingerprint density at radius 2 is 2.00 bits per heavy atom. The van der Waals surface area contributed by atoms with Crippen LogP contribution >= 0.6 is 0 Å². The first-order chi connectivity index (χ1) is 14.6. The number of ketones is 1. The van der Waals surface area contributed by atoms with E-state index in [4.69, 9.17) is 0 Å². The molecule has 0 saturated heterocycles. The zero-order chi connectivity index (χ0) is 22.6. The molecule has 2 heteroatoms. The topological polar surface area (TPSA) is 37.3 Å². The maximum atomic E-state index is 13.2. The summed E-state index contributed by atoms with van der Waals surface area (Å²) in [6.07, 6.45) is 13.1. The zero-order valence-electron chi connectivity index (χ0n) is 20.8. The molecule has 0 bridgehead atoms. The highest BCUT2D eigenvalue weighted by Gasteiger charge is 2.63. The van der Waals surface area contributed by atoms with Crippen LogP contribution in [0.15, 0.2) is 23.8 Å². The van der Waals surface area contributed by atoms with Gasteiger partial charge in [0.15, 0.2) is 0 Å². The van der Waals surface area contributed by atoms with Crippen molar-refractivity contribution in [2.24, 2.45) is 46.3 Å². The molecule has 4 rings (SSSR count). The summed E-state index contributed by atoms with van der Waals surface area (Å²) in [7, 11) is 0. The molecule has 0 aliphatic heterocycles. The minimum Gasteiger partial charge on any atom is -0.393 e. The van der Waals surface area contributed by atoms with Gasteiger partial charge in [0.25, 0.3) is 0 Å². The van der Waals surface area contributed by atoms with Crippen molar-refractivity contribution in [1.29, 1.82) is 0 Å². The SMILES string of the molecule is C=C(C)C(CC)CCC(C)C1CCC2C3CC=C4CCCC(=O)C4(C)C3C(O)CC12C. The molecule has 2 nitrogen and oxygen atoms in total. The highest BCUT2D eigenvalue weighted by Crippen LogP contribution is 2.66. The van der Waals surface area contributed by atoms with E-state index in [0.29, 0.717) is 41.8 Å². The number of hydrogen-bond acceptors (Lipinski definition) is 2. The van der Waals surface area contributed by atoms with E-state index in [2.05, 4.69) is 47.3 Å². The van der Waals surface area contributed by atoms with Gasteiger partial charge in [0.05, 0.1) is 11.5 Å². The average Bonchev–Trinajstić information content (AvgIpc) is 3.05. The minimum absolute atomic E-state index is 0.139. The van der Waals surface area contributed by atoms with Crippen molar-refractivity contribution >= 4 is 5.78 Å². The molecule has 0 heterocycles. The van der Waals surface area contributed by atoms with Gasteiger partial charge in [0, 0.05) is 12.3 Å². The smallest absolute Gasteiger partial charge is 0.143 e. The van der Waals surface area contributed by atoms with E-state index in [1.165, 1.54) is 43.3 Å². The van der Waals surface area contributed by atoms with E-state index < -0.39 is 5.41 Å². The van der Waals surface area contributed by atoms with Crippen molar-refractivity contribution in [2.75, 3.05) is 0 Å². The van der Waals surface area contributed by atoms with Gasteiger partial charge in [0.1, 0.15) is 5.78 Å². The van der Waals surface area contributed by atoms with Crippen LogP contribution in [-0.2, 0) is 4.79 Å². The van der Waals surface area contributed by atoms with Crippen LogP contribution in [0.4, 0.5) is 0 Å². The summed E-state index contributed by atoms with van der Waals surface area (Å²) in [5.74, 6) is 3.69. The molecule has 0 aromatic heterocycles. The molecular weight excluding hydrogens is 380 g/mol. The first kappa shape index (κ1) is 23.3. The molecule has 9 unspecified atom stereocenters. The second-order valence-electron chi connectivity index (χ2n) is 12.2. The molecule has 4 aliphatic carbocycles. The number of carbonyl (C=O) groups is 1. The number of allylic oxidation sites excluding steroid dienone is 3. The molecule has 3 saturated carbocycles. The predicted molar refractivity (Wildman–Crippen MR) is 129 cm³/mol. The number of Topliss-reactive ketones (excluding diaryl/α,β-unsaturated/α-hetero) is 1. The molecule has 0 amide bonds. The summed E-state index contributed by atoms with van der Waals surface area (Å²) < 4.78 is 0. The highest BCUT2D eigenvalue weighted by molar-refractivity contribution is 5.89. The van der Waals surface area contributed by atoms with E-state index >= 15 is 0 Å². The van der Waals surface area contributed by atoms with Crippen molar-refractivity contribution in [2.45, 2.75) is 105 Å². The van der Waals surface area contributed by atoms with Gasteiger partial charge in [-0.3, -0.25) is 4.79 Å². The Bertz CT molecular complexity index is 750. The molecule has 3 fully saturated rings. The van der Waals surface area contributed by atoms with Crippen LogP contribution in [0.2, 0.25) is 0 Å². The number of fused-ring (bicyclic) bond motifs is 5. The second kappa shape index (κ2) is 8.47. The minimum atomic E-state index is -0.401. The Morgan fingerprint density at radius 1 is 1.26 bits per heavy atom. The van der Waals surface area contributed by atoms with Gasteiger partial charge in [-0.1, -0.05) is 44.6 Å². The van der Waals surface area contributed by atoms with Crippen LogP contribution in [0.3, 0.4) is 0 Å². The Hall–Kier alpha value is -0.890. The lowest BCUT2D eigenvalue weighted by atomic mass is 9.46. The van der Waals surface area contributed by atoms with Gasteiger partial charge in [0.2, 0.25) is 0 Å². The van der Waals surface area contributed by atoms with Gasteiger partial charge < -0.3 is 5.11 Å². The fourth-order valence-electron chi connectivity index (χ4n) is 9.07. The van der Waals surface area contributed by atoms with Crippen molar-refractivity contribution in [3.05, 3.63) is 23.8 Å². The molecule has 1 N–H and O–H groups in total. The molecule has 31 heavy (non-hydrogen) atoms. The van der Waals surface area contributed by atoms with Crippen LogP contribution in [0.1, 0.15) is 98.8 Å². The standard InChI is InChI=1S/C29H46O2/c1-7-20(18(2)3)12-11-19(4)23-15-16-24-22-14-13-21-9-8-10-26(31)29(21,6)27(22)25(30)17-28(23,24)5/h13,19-20,22-25,27,30H,2,7-12,14-17H2,1,3-6H3. The van der Waals surface area contributed by atoms with E-state index in [-0.39, 0.29) is 17.4 Å². The van der Waals surface area contributed by atoms with Gasteiger partial charge >= 0.3 is 0 Å². The van der Waals surface area contributed by atoms with Crippen LogP contribution < -0.4 is 0 Å². The Labute approximate surface area is 191 Å². The molecule has 174 valence electrons. The summed E-state index contributed by atoms with van der Waals surface area (Å²) in [4.78, 5) is 13.2. The monoisotopic (exact) mass is 426 g/mol. The van der Waals surface area contributed by atoms with Gasteiger partial charge in [-0.15, -0.1) is 0 Å². The lowest BCUT2D eigenvalue weighted by Crippen LogP contribution is -2.58. The average molecular weight is 427 g/mol. The Kier molecular flexibility index (Phi) is 6.36. The first-order valence-corrected chi connectivity index (χ1v) is 13.2. The number of hydrogen-bond donors (Lipinski definition) is 1. The summed E-state index contributed by atoms with van der Waals surface area (Å²) in [6.45, 7) is 15.8. The summed E-state index contributed by atoms with van der Waals surface area (Å²) in [5.41, 5.74) is 2.49. The highest BCUT2D eigenvalue weighted by atomic mass is 16.3. The summed E-state index contributed by atoms with van der Waals surface area (Å²) in [5, 5.41) is 11.6. The van der Waals surface area contributed by atoms with E-state index in [1.54, 1.807) is 0 Å². The normalized spacial score (nSPS) is 44.0. The largest absolute Gasteiger partial charge is 0.393 e. The molecule has 9 atom stereocenters. The lowest BCUT2D eigenvalue weighted by Gasteiger charge is -2.59. The second-order valence-corrected chi connectivity index (χ2v) is 12.2. The maximum Gasteiger partial charge on any atom is 0.143 e. The summed E-state index contributed by atoms with van der Waals surface area (Å²) in [6, 6.07) is 0. The third-order valence-electron chi connectivity index (χ3n) is 10.8. The number of carbonyl (C=O) groups excluding carboxylic acids is 1. The van der Waals surface area contributed by atoms with Gasteiger partial charge in [-0.2, -0.15) is 0 Å². The van der Waals surface area contributed by atoms with Crippen molar-refractivity contribution in [3.8, 4) is 0 Å². The number of aliphatic hydroxyl groups excluding tert-OH is 1. The molecule has 0 spiro atoms. The Morgan fingerprint density at radius 3 is 2.68 bits per heavy atom. The third-order valence-corrected chi connectivity index (χ3v) is 10.8. The molecule has 0 aromatic carbocycles. The first-order valence-electron chi connectivity index (χ1n) is 13.2. The van der Waals surface area contributed by atoms with Crippen molar-refractivity contribution in [3.63, 3.8) is 0 Å². The van der Waals surface area contributed by atoms with Crippen LogP contribution in [0.25, 0.3) is 0 Å². The number of aliphatic hydroxyl groups is 1. The molecular formula is C29H46O2. The predicted octanol–water partition coefficient (Wildman–Crippen LogP) is 7.12. The van der Waals surface area contributed by atoms with Crippen LogP contribution in [-0.4, -0.2) is 17.0 Å². The third kappa shape index (κ3) is 3.60. The molecule has 0 radical (unpaired) electrons. The van der Waals surface area contributed by atoms with Gasteiger partial charge in [-0.25, -0.2) is 0 Å². The van der Waals surface area contributed by atoms with Crippen molar-refractivity contribution in [1.82, 2.24) is 0 Å². The van der Waals surface area contributed by atoms with Crippen LogP contribution in [0.5, 0.6) is 0 Å². The number of rotatable bonds is 6. The fraction of sp³-hybridized carbons (Fsp3) is 0.828. The van der Waals surface area contributed by atoms with Gasteiger partial charge in [-0.05, 0) is 107 Å². The quantitative estimate of drug-likeness (QED) is 0.459. The maximum absolute atomic E-state index is 13.2. The van der Waals surface area contributed by atoms with E-state index in [9.17, 15) is 9.90 Å². The van der Waals surface area contributed by atoms with Crippen molar-refractivity contribution < 1.29 is 9.90 Å². The molecule has 4 aliphatic rings. The zero-order valence-corrected chi connectivity index (χ0v) is 20.8. The Balaban J connectivity index is 1.55. The summed E-state index contributed by atoms with van der Waals surface area (Å²) >= 11 is 0. The van der Waals surface area contributed by atoms with E-state index in [1.807, 2.05) is 0 Å². The molecule has 0 aromatic rings.